The van der Waals surface area contributed by atoms with Gasteiger partial charge in [0.15, 0.2) is 0 Å². The first-order valence-electron chi connectivity index (χ1n) is 10.5. The molecular weight excluding hydrogens is 487 g/mol. The Morgan fingerprint density at radius 2 is 1.67 bits per heavy atom. The highest BCUT2D eigenvalue weighted by Gasteiger charge is 2.27. The van der Waals surface area contributed by atoms with Crippen LogP contribution in [0.1, 0.15) is 40.2 Å². The average molecular weight is 513 g/mol. The van der Waals surface area contributed by atoms with E-state index in [9.17, 15) is 18.0 Å². The van der Waals surface area contributed by atoms with Crippen LogP contribution in [0.15, 0.2) is 42.5 Å². The number of halogens is 2. The molecule has 1 N–H and O–H groups in total. The lowest BCUT2D eigenvalue weighted by molar-refractivity contribution is -0.142. The Bertz CT molecular complexity index is 1090. The Balaban J connectivity index is 1.68. The van der Waals surface area contributed by atoms with Gasteiger partial charge in [0.2, 0.25) is 10.0 Å². The van der Waals surface area contributed by atoms with Gasteiger partial charge in [0.05, 0.1) is 29.0 Å². The fraction of sp³-hybridized carbons (Fsp3) is 0.391. The first-order valence-corrected chi connectivity index (χ1v) is 13.1. The molecule has 7 nitrogen and oxygen atoms in total. The van der Waals surface area contributed by atoms with Gasteiger partial charge in [0.25, 0.3) is 5.91 Å². The van der Waals surface area contributed by atoms with E-state index in [0.29, 0.717) is 13.1 Å². The molecule has 178 valence electrons. The molecule has 0 aromatic heterocycles. The van der Waals surface area contributed by atoms with Crippen LogP contribution < -0.4 is 5.32 Å². The number of benzene rings is 2. The molecule has 1 fully saturated rings. The predicted octanol–water partition coefficient (Wildman–Crippen LogP) is 3.65. The molecule has 1 aliphatic rings. The number of ether oxygens (including phenoxy) is 1. The van der Waals surface area contributed by atoms with Gasteiger partial charge in [-0.1, -0.05) is 53.5 Å². The average Bonchev–Trinajstić information content (AvgIpc) is 2.78. The smallest absolute Gasteiger partial charge is 0.328 e. The first kappa shape index (κ1) is 25.5. The molecule has 2 aromatic rings. The van der Waals surface area contributed by atoms with Gasteiger partial charge >= 0.3 is 5.97 Å². The quantitative estimate of drug-likeness (QED) is 0.571. The van der Waals surface area contributed by atoms with Crippen LogP contribution in [0.25, 0.3) is 0 Å². The van der Waals surface area contributed by atoms with Gasteiger partial charge in [0.1, 0.15) is 6.04 Å². The molecule has 1 saturated heterocycles. The lowest BCUT2D eigenvalue weighted by Crippen LogP contribution is -2.43. The number of carbonyl (C=O) groups is 2. The molecular formula is C23H26Cl2N2O5S. The van der Waals surface area contributed by atoms with Crippen molar-refractivity contribution in [3.63, 3.8) is 0 Å². The summed E-state index contributed by atoms with van der Waals surface area (Å²) in [7, 11) is -1.90. The molecule has 1 atom stereocenters. The number of nitrogens with one attached hydrogen (secondary N) is 1. The normalized spacial score (nSPS) is 16.2. The van der Waals surface area contributed by atoms with Gasteiger partial charge < -0.3 is 10.1 Å². The standard InChI is InChI=1S/C23H26Cl2N2O5S/c1-32-23(29)20(26-22(28)21-18(24)4-3-5-19(21)25)14-15-6-8-16(9-7-15)17-10-12-27(13-11-17)33(2,30)31/h3-9,17,20H,10-14H2,1-2H3,(H,26,28)/t20-/m0/s1. The molecule has 1 amide bonds. The van der Waals surface area contributed by atoms with Gasteiger partial charge in [-0.05, 0) is 42.0 Å². The molecule has 10 heteroatoms. The number of hydrogen-bond donors (Lipinski definition) is 1. The van der Waals surface area contributed by atoms with Gasteiger partial charge in [-0.3, -0.25) is 4.79 Å². The largest absolute Gasteiger partial charge is 0.467 e. The fourth-order valence-electron chi connectivity index (χ4n) is 3.96. The Morgan fingerprint density at radius 1 is 1.09 bits per heavy atom. The highest BCUT2D eigenvalue weighted by molar-refractivity contribution is 7.88. The number of sulfonamides is 1. The van der Waals surface area contributed by atoms with Crippen molar-refractivity contribution in [1.29, 1.82) is 0 Å². The van der Waals surface area contributed by atoms with E-state index in [1.54, 1.807) is 18.2 Å². The maximum Gasteiger partial charge on any atom is 0.328 e. The third-order valence-corrected chi connectivity index (χ3v) is 7.73. The van der Waals surface area contributed by atoms with Crippen LogP contribution in [-0.2, 0) is 26.0 Å². The van der Waals surface area contributed by atoms with Crippen LogP contribution in [0.2, 0.25) is 10.0 Å². The zero-order valence-electron chi connectivity index (χ0n) is 18.4. The molecule has 3 rings (SSSR count). The van der Waals surface area contributed by atoms with E-state index >= 15 is 0 Å². The van der Waals surface area contributed by atoms with Crippen molar-refractivity contribution in [2.75, 3.05) is 26.5 Å². The molecule has 0 unspecified atom stereocenters. The summed E-state index contributed by atoms with van der Waals surface area (Å²) in [6.07, 6.45) is 2.98. The highest BCUT2D eigenvalue weighted by Crippen LogP contribution is 2.29. The van der Waals surface area contributed by atoms with Gasteiger partial charge in [-0.25, -0.2) is 17.5 Å². The van der Waals surface area contributed by atoms with Crippen LogP contribution in [0.4, 0.5) is 0 Å². The molecule has 0 radical (unpaired) electrons. The van der Waals surface area contributed by atoms with Crippen molar-refractivity contribution in [3.05, 3.63) is 69.2 Å². The molecule has 33 heavy (non-hydrogen) atoms. The summed E-state index contributed by atoms with van der Waals surface area (Å²) in [5.74, 6) is -0.866. The Kier molecular flexibility index (Phi) is 8.39. The van der Waals surface area contributed by atoms with Crippen LogP contribution in [0.5, 0.6) is 0 Å². The van der Waals surface area contributed by atoms with E-state index in [2.05, 4.69) is 5.32 Å². The minimum Gasteiger partial charge on any atom is -0.467 e. The van der Waals surface area contributed by atoms with Crippen molar-refractivity contribution >= 4 is 45.1 Å². The molecule has 0 aliphatic carbocycles. The highest BCUT2D eigenvalue weighted by atomic mass is 35.5. The van der Waals surface area contributed by atoms with Crippen molar-refractivity contribution < 1.29 is 22.7 Å². The molecule has 1 aliphatic heterocycles. The molecule has 1 heterocycles. The lowest BCUT2D eigenvalue weighted by atomic mass is 9.89. The minimum atomic E-state index is -3.16. The minimum absolute atomic E-state index is 0.102. The van der Waals surface area contributed by atoms with Gasteiger partial charge in [-0.2, -0.15) is 0 Å². The van der Waals surface area contributed by atoms with E-state index in [1.807, 2.05) is 24.3 Å². The van der Waals surface area contributed by atoms with E-state index in [4.69, 9.17) is 27.9 Å². The summed E-state index contributed by atoms with van der Waals surface area (Å²) in [6, 6.07) is 11.6. The number of amides is 1. The second kappa shape index (κ2) is 10.9. The van der Waals surface area contributed by atoms with Crippen LogP contribution in [0, 0.1) is 0 Å². The number of rotatable bonds is 7. The molecule has 0 spiro atoms. The number of piperidine rings is 1. The molecule has 2 aromatic carbocycles. The van der Waals surface area contributed by atoms with Crippen molar-refractivity contribution in [2.45, 2.75) is 31.2 Å². The number of hydrogen-bond acceptors (Lipinski definition) is 5. The number of nitrogens with zero attached hydrogens (tertiary/aromatic N) is 1. The Morgan fingerprint density at radius 3 is 2.18 bits per heavy atom. The van der Waals surface area contributed by atoms with E-state index in [0.717, 1.165) is 24.0 Å². The Hall–Kier alpha value is -2.13. The fourth-order valence-corrected chi connectivity index (χ4v) is 5.41. The molecule has 0 saturated carbocycles. The van der Waals surface area contributed by atoms with Crippen LogP contribution in [-0.4, -0.2) is 57.1 Å². The Labute approximate surface area is 204 Å². The van der Waals surface area contributed by atoms with Crippen molar-refractivity contribution in [3.8, 4) is 0 Å². The topological polar surface area (TPSA) is 92.8 Å². The SMILES string of the molecule is COC(=O)[C@H](Cc1ccc(C2CCN(S(C)(=O)=O)CC2)cc1)NC(=O)c1c(Cl)cccc1Cl. The number of carbonyl (C=O) groups excluding carboxylic acids is 2. The summed E-state index contributed by atoms with van der Waals surface area (Å²) in [6.45, 7) is 1.01. The molecule has 0 bridgehead atoms. The second-order valence-corrected chi connectivity index (χ2v) is 10.8. The van der Waals surface area contributed by atoms with Crippen LogP contribution in [0.3, 0.4) is 0 Å². The number of esters is 1. The third kappa shape index (κ3) is 6.47. The summed E-state index contributed by atoms with van der Waals surface area (Å²) >= 11 is 12.2. The third-order valence-electron chi connectivity index (χ3n) is 5.79. The van der Waals surface area contributed by atoms with Crippen LogP contribution >= 0.6 is 23.2 Å². The zero-order valence-corrected chi connectivity index (χ0v) is 20.7. The maximum absolute atomic E-state index is 12.7. The first-order chi connectivity index (χ1) is 15.6. The lowest BCUT2D eigenvalue weighted by Gasteiger charge is -2.30. The van der Waals surface area contributed by atoms with Crippen molar-refractivity contribution in [2.24, 2.45) is 0 Å². The van der Waals surface area contributed by atoms with Gasteiger partial charge in [-0.15, -0.1) is 0 Å². The maximum atomic E-state index is 12.7. The predicted molar refractivity (Wildman–Crippen MR) is 128 cm³/mol. The zero-order chi connectivity index (χ0) is 24.2. The van der Waals surface area contributed by atoms with E-state index < -0.39 is 27.9 Å². The summed E-state index contributed by atoms with van der Waals surface area (Å²) in [5, 5.41) is 3.05. The summed E-state index contributed by atoms with van der Waals surface area (Å²) in [5.41, 5.74) is 2.06. The summed E-state index contributed by atoms with van der Waals surface area (Å²) in [4.78, 5) is 25.1. The monoisotopic (exact) mass is 512 g/mol. The summed E-state index contributed by atoms with van der Waals surface area (Å²) < 4.78 is 29.8. The van der Waals surface area contributed by atoms with Gasteiger partial charge in [0, 0.05) is 19.5 Å². The number of methoxy groups -OCH3 is 1. The van der Waals surface area contributed by atoms with Crippen molar-refractivity contribution in [1.82, 2.24) is 9.62 Å². The van der Waals surface area contributed by atoms with E-state index in [1.165, 1.54) is 17.7 Å². The second-order valence-electron chi connectivity index (χ2n) is 8.03. The van der Waals surface area contributed by atoms with E-state index in [-0.39, 0.29) is 27.9 Å².